The first kappa shape index (κ1) is 18.7. The molecule has 28 heavy (non-hydrogen) atoms. The summed E-state index contributed by atoms with van der Waals surface area (Å²) in [5, 5.41) is 2.83. The summed E-state index contributed by atoms with van der Waals surface area (Å²) in [7, 11) is 0. The van der Waals surface area contributed by atoms with Crippen LogP contribution in [0.1, 0.15) is 25.0 Å². The number of urea groups is 1. The monoisotopic (exact) mass is 383 g/mol. The van der Waals surface area contributed by atoms with Crippen LogP contribution in [0.4, 0.5) is 20.6 Å². The number of fused-ring (bicyclic) bond motifs is 1. The average Bonchev–Trinajstić information content (AvgIpc) is 2.67. The molecule has 148 valence electrons. The number of nitrogens with one attached hydrogen (secondary N) is 1. The van der Waals surface area contributed by atoms with E-state index in [0.29, 0.717) is 37.6 Å². The van der Waals surface area contributed by atoms with E-state index in [-0.39, 0.29) is 24.1 Å². The van der Waals surface area contributed by atoms with Crippen molar-refractivity contribution in [2.75, 3.05) is 29.9 Å². The zero-order valence-corrected chi connectivity index (χ0v) is 16.3. The van der Waals surface area contributed by atoms with E-state index >= 15 is 0 Å². The number of halogens is 1. The van der Waals surface area contributed by atoms with Gasteiger partial charge in [0, 0.05) is 31.9 Å². The highest BCUT2D eigenvalue weighted by Gasteiger charge is 2.25. The minimum absolute atomic E-state index is 0.0597. The summed E-state index contributed by atoms with van der Waals surface area (Å²) in [6, 6.07) is 12.9. The molecular formula is C22H26FN3O2. The summed E-state index contributed by atoms with van der Waals surface area (Å²) in [6.07, 6.45) is 0.957. The fourth-order valence-corrected chi connectivity index (χ4v) is 4.09. The van der Waals surface area contributed by atoms with Gasteiger partial charge in [0.2, 0.25) is 0 Å². The van der Waals surface area contributed by atoms with E-state index in [9.17, 15) is 9.18 Å². The first-order valence-electron chi connectivity index (χ1n) is 9.82. The standard InChI is InChI=1S/C22H26FN3O2/c1-15-12-26(13-16(2)28-15)21-8-7-19(11-20(21)23)24-22(27)25-10-9-17-5-3-4-6-18(17)14-25/h3-8,11,15-16H,9-10,12-14H2,1-2H3,(H,24,27). The van der Waals surface area contributed by atoms with Crippen LogP contribution in [0.2, 0.25) is 0 Å². The molecule has 2 aromatic carbocycles. The Balaban J connectivity index is 1.43. The molecule has 2 heterocycles. The van der Waals surface area contributed by atoms with Crippen LogP contribution in [-0.4, -0.2) is 42.8 Å². The molecule has 6 heteroatoms. The van der Waals surface area contributed by atoms with Crippen LogP contribution >= 0.6 is 0 Å². The van der Waals surface area contributed by atoms with Crippen molar-refractivity contribution >= 4 is 17.4 Å². The van der Waals surface area contributed by atoms with Crippen molar-refractivity contribution in [3.63, 3.8) is 0 Å². The fourth-order valence-electron chi connectivity index (χ4n) is 4.09. The van der Waals surface area contributed by atoms with Gasteiger partial charge in [0.05, 0.1) is 17.9 Å². The first-order valence-corrected chi connectivity index (χ1v) is 9.82. The minimum Gasteiger partial charge on any atom is -0.372 e. The zero-order valence-electron chi connectivity index (χ0n) is 16.3. The smallest absolute Gasteiger partial charge is 0.322 e. The quantitative estimate of drug-likeness (QED) is 0.852. The molecule has 0 saturated carbocycles. The molecule has 1 N–H and O–H groups in total. The second kappa shape index (κ2) is 7.80. The molecule has 0 radical (unpaired) electrons. The number of rotatable bonds is 2. The SMILES string of the molecule is CC1CN(c2ccc(NC(=O)N3CCc4ccccc4C3)cc2F)CC(C)O1. The molecule has 2 aliphatic heterocycles. The predicted molar refractivity (Wildman–Crippen MR) is 108 cm³/mol. The van der Waals surface area contributed by atoms with Crippen LogP contribution in [0.3, 0.4) is 0 Å². The first-order chi connectivity index (χ1) is 13.5. The number of hydrogen-bond acceptors (Lipinski definition) is 3. The Morgan fingerprint density at radius 2 is 1.82 bits per heavy atom. The lowest BCUT2D eigenvalue weighted by Gasteiger charge is -2.37. The maximum absolute atomic E-state index is 14.7. The Morgan fingerprint density at radius 3 is 2.54 bits per heavy atom. The summed E-state index contributed by atoms with van der Waals surface area (Å²) in [6.45, 7) is 6.53. The van der Waals surface area contributed by atoms with Crippen molar-refractivity contribution < 1.29 is 13.9 Å². The number of morpholine rings is 1. The summed E-state index contributed by atoms with van der Waals surface area (Å²) in [4.78, 5) is 16.4. The fraction of sp³-hybridized carbons (Fsp3) is 0.409. The molecule has 2 atom stereocenters. The number of nitrogens with zero attached hydrogens (tertiary/aromatic N) is 2. The van der Waals surface area contributed by atoms with Gasteiger partial charge in [-0.2, -0.15) is 0 Å². The van der Waals surface area contributed by atoms with Crippen molar-refractivity contribution in [3.05, 3.63) is 59.4 Å². The highest BCUT2D eigenvalue weighted by atomic mass is 19.1. The molecule has 5 nitrogen and oxygen atoms in total. The molecule has 0 aliphatic carbocycles. The molecule has 2 amide bonds. The normalized spacial score (nSPS) is 22.0. The molecule has 0 spiro atoms. The summed E-state index contributed by atoms with van der Waals surface area (Å²) in [5.41, 5.74) is 3.48. The van der Waals surface area contributed by atoms with Gasteiger partial charge in [0.25, 0.3) is 0 Å². The highest BCUT2D eigenvalue weighted by molar-refractivity contribution is 5.89. The van der Waals surface area contributed by atoms with Gasteiger partial charge in [-0.15, -0.1) is 0 Å². The van der Waals surface area contributed by atoms with Gasteiger partial charge >= 0.3 is 6.03 Å². The Bertz CT molecular complexity index is 863. The number of carbonyl (C=O) groups is 1. The van der Waals surface area contributed by atoms with Gasteiger partial charge in [0.15, 0.2) is 0 Å². The second-order valence-corrected chi connectivity index (χ2v) is 7.70. The van der Waals surface area contributed by atoms with Gasteiger partial charge in [-0.05, 0) is 49.6 Å². The summed E-state index contributed by atoms with van der Waals surface area (Å²) < 4.78 is 20.5. The Hall–Kier alpha value is -2.60. The number of hydrogen-bond donors (Lipinski definition) is 1. The molecule has 2 aromatic rings. The predicted octanol–water partition coefficient (Wildman–Crippen LogP) is 4.03. The van der Waals surface area contributed by atoms with Crippen LogP contribution in [0, 0.1) is 5.82 Å². The number of carbonyl (C=O) groups excluding carboxylic acids is 1. The van der Waals surface area contributed by atoms with E-state index in [4.69, 9.17) is 4.74 Å². The third-order valence-electron chi connectivity index (χ3n) is 5.38. The van der Waals surface area contributed by atoms with Crippen LogP contribution < -0.4 is 10.2 Å². The van der Waals surface area contributed by atoms with Crippen molar-refractivity contribution in [1.82, 2.24) is 4.90 Å². The molecule has 1 fully saturated rings. The Labute approximate surface area is 165 Å². The van der Waals surface area contributed by atoms with Gasteiger partial charge < -0.3 is 19.9 Å². The summed E-state index contributed by atoms with van der Waals surface area (Å²) in [5.74, 6) is -0.330. The van der Waals surface area contributed by atoms with Gasteiger partial charge in [-0.3, -0.25) is 0 Å². The Kier molecular flexibility index (Phi) is 5.22. The summed E-state index contributed by atoms with van der Waals surface area (Å²) >= 11 is 0. The molecule has 4 rings (SSSR count). The molecule has 2 unspecified atom stereocenters. The van der Waals surface area contributed by atoms with E-state index in [1.54, 1.807) is 17.0 Å². The molecule has 1 saturated heterocycles. The number of ether oxygens (including phenoxy) is 1. The number of amides is 2. The van der Waals surface area contributed by atoms with E-state index in [2.05, 4.69) is 11.4 Å². The van der Waals surface area contributed by atoms with E-state index in [0.717, 1.165) is 6.42 Å². The number of anilines is 2. The van der Waals surface area contributed by atoms with Crippen molar-refractivity contribution in [2.45, 2.75) is 39.0 Å². The third kappa shape index (κ3) is 3.97. The van der Waals surface area contributed by atoms with Gasteiger partial charge in [-0.1, -0.05) is 24.3 Å². The van der Waals surface area contributed by atoms with Crippen LogP contribution in [0.25, 0.3) is 0 Å². The average molecular weight is 383 g/mol. The topological polar surface area (TPSA) is 44.8 Å². The van der Waals surface area contributed by atoms with Crippen LogP contribution in [0.5, 0.6) is 0 Å². The van der Waals surface area contributed by atoms with Crippen LogP contribution in [0.15, 0.2) is 42.5 Å². The maximum atomic E-state index is 14.7. The highest BCUT2D eigenvalue weighted by Crippen LogP contribution is 2.26. The lowest BCUT2D eigenvalue weighted by Crippen LogP contribution is -2.45. The lowest BCUT2D eigenvalue weighted by atomic mass is 10.0. The molecular weight excluding hydrogens is 357 g/mol. The van der Waals surface area contributed by atoms with Crippen molar-refractivity contribution in [2.24, 2.45) is 0 Å². The van der Waals surface area contributed by atoms with Crippen LogP contribution in [-0.2, 0) is 17.7 Å². The minimum atomic E-state index is -0.330. The third-order valence-corrected chi connectivity index (χ3v) is 5.38. The second-order valence-electron chi connectivity index (χ2n) is 7.70. The van der Waals surface area contributed by atoms with E-state index < -0.39 is 0 Å². The Morgan fingerprint density at radius 1 is 1.11 bits per heavy atom. The maximum Gasteiger partial charge on any atom is 0.322 e. The van der Waals surface area contributed by atoms with E-state index in [1.807, 2.05) is 36.9 Å². The molecule has 2 aliphatic rings. The molecule has 0 bridgehead atoms. The van der Waals surface area contributed by atoms with Gasteiger partial charge in [0.1, 0.15) is 5.82 Å². The lowest BCUT2D eigenvalue weighted by molar-refractivity contribution is -0.00539. The van der Waals surface area contributed by atoms with E-state index in [1.165, 1.54) is 17.2 Å². The largest absolute Gasteiger partial charge is 0.372 e. The number of benzene rings is 2. The van der Waals surface area contributed by atoms with Crippen molar-refractivity contribution in [3.8, 4) is 0 Å². The molecule has 0 aromatic heterocycles. The zero-order chi connectivity index (χ0) is 19.7. The van der Waals surface area contributed by atoms with Crippen molar-refractivity contribution in [1.29, 1.82) is 0 Å². The van der Waals surface area contributed by atoms with Gasteiger partial charge in [-0.25, -0.2) is 9.18 Å².